The van der Waals surface area contributed by atoms with Gasteiger partial charge in [-0.25, -0.2) is 9.59 Å². The fourth-order valence-electron chi connectivity index (χ4n) is 2.96. The highest BCUT2D eigenvalue weighted by atomic mass is 16.6. The normalized spacial score (nSPS) is 10.2. The smallest absolute Gasteiger partial charge is 0.339 e. The van der Waals surface area contributed by atoms with Crippen LogP contribution in [0.25, 0.3) is 0 Å². The molecule has 3 aromatic carbocycles. The Hall–Kier alpha value is -5.26. The zero-order chi connectivity index (χ0) is 26.2. The molecule has 36 heavy (non-hydrogen) atoms. The molecule has 0 spiro atoms. The summed E-state index contributed by atoms with van der Waals surface area (Å²) in [7, 11) is 0. The molecule has 0 amide bonds. The highest BCUT2D eigenvalue weighted by Gasteiger charge is 2.21. The lowest BCUT2D eigenvalue weighted by Gasteiger charge is -2.09. The Labute approximate surface area is 202 Å². The molecule has 12 heteroatoms. The molecule has 0 saturated heterocycles. The maximum atomic E-state index is 12.5. The van der Waals surface area contributed by atoms with E-state index in [1.807, 2.05) is 0 Å². The lowest BCUT2D eigenvalue weighted by molar-refractivity contribution is -0.385. The SMILES string of the molecule is O=C(COC(=O)c1ccccc1C(=O)OCC(=O)c1ccc([N+](=O)[O-])cc1)c1ccc([N+](=O)[O-])cc1. The summed E-state index contributed by atoms with van der Waals surface area (Å²) in [5, 5.41) is 21.4. The quantitative estimate of drug-likeness (QED) is 0.176. The zero-order valence-corrected chi connectivity index (χ0v) is 18.3. The lowest BCUT2D eigenvalue weighted by atomic mass is 10.1. The number of carbonyl (C=O) groups is 4. The van der Waals surface area contributed by atoms with Gasteiger partial charge >= 0.3 is 11.9 Å². The first-order chi connectivity index (χ1) is 17.2. The number of non-ortho nitro benzene ring substituents is 2. The van der Waals surface area contributed by atoms with Crippen molar-refractivity contribution in [1.29, 1.82) is 0 Å². The minimum Gasteiger partial charge on any atom is -0.454 e. The third-order valence-corrected chi connectivity index (χ3v) is 4.84. The van der Waals surface area contributed by atoms with Crippen molar-refractivity contribution in [3.63, 3.8) is 0 Å². The first kappa shape index (κ1) is 25.4. The summed E-state index contributed by atoms with van der Waals surface area (Å²) in [4.78, 5) is 69.6. The molecule has 3 aromatic rings. The fraction of sp³-hybridized carbons (Fsp3) is 0.0833. The molecule has 0 aliphatic rings. The van der Waals surface area contributed by atoms with E-state index in [1.165, 1.54) is 48.5 Å². The first-order valence-corrected chi connectivity index (χ1v) is 10.2. The lowest BCUT2D eigenvalue weighted by Crippen LogP contribution is -2.19. The molecule has 0 heterocycles. The van der Waals surface area contributed by atoms with Gasteiger partial charge in [0, 0.05) is 35.4 Å². The van der Waals surface area contributed by atoms with Crippen LogP contribution in [0, 0.1) is 20.2 Å². The van der Waals surface area contributed by atoms with Crippen LogP contribution in [-0.2, 0) is 9.47 Å². The Kier molecular flexibility index (Phi) is 7.92. The van der Waals surface area contributed by atoms with Gasteiger partial charge in [-0.05, 0) is 36.4 Å². The Bertz CT molecular complexity index is 1240. The van der Waals surface area contributed by atoms with Crippen LogP contribution in [0.2, 0.25) is 0 Å². The van der Waals surface area contributed by atoms with E-state index in [9.17, 15) is 39.4 Å². The van der Waals surface area contributed by atoms with Crippen LogP contribution in [0.5, 0.6) is 0 Å². The van der Waals surface area contributed by atoms with Gasteiger partial charge in [0.15, 0.2) is 24.8 Å². The molecular formula is C24H16N2O10. The molecule has 0 atom stereocenters. The van der Waals surface area contributed by atoms with Crippen molar-refractivity contribution < 1.29 is 38.5 Å². The number of Topliss-reactive ketones (excluding diaryl/α,β-unsaturated/α-hetero) is 2. The standard InChI is InChI=1S/C24H16N2O10/c27-21(15-5-9-17(10-6-15)25(31)32)13-35-23(29)19-3-1-2-4-20(19)24(30)36-14-22(28)16-7-11-18(12-8-16)26(33)34/h1-12H,13-14H2. The Morgan fingerprint density at radius 1 is 0.583 bits per heavy atom. The summed E-state index contributed by atoms with van der Waals surface area (Å²) < 4.78 is 9.97. The van der Waals surface area contributed by atoms with Gasteiger partial charge in [0.1, 0.15) is 0 Å². The summed E-state index contributed by atoms with van der Waals surface area (Å²) in [5.41, 5.74) is -0.647. The number of ketones is 2. The molecule has 0 unspecified atom stereocenters. The number of nitro benzene ring substituents is 2. The predicted octanol–water partition coefficient (Wildman–Crippen LogP) is 3.58. The van der Waals surface area contributed by atoms with Gasteiger partial charge in [0.2, 0.25) is 0 Å². The topological polar surface area (TPSA) is 173 Å². The van der Waals surface area contributed by atoms with Crippen LogP contribution in [0.1, 0.15) is 41.4 Å². The average molecular weight is 492 g/mol. The maximum Gasteiger partial charge on any atom is 0.339 e. The molecule has 0 fully saturated rings. The molecule has 12 nitrogen and oxygen atoms in total. The van der Waals surface area contributed by atoms with Crippen LogP contribution < -0.4 is 0 Å². The summed E-state index contributed by atoms with van der Waals surface area (Å²) >= 11 is 0. The summed E-state index contributed by atoms with van der Waals surface area (Å²) in [6.45, 7) is -1.36. The van der Waals surface area contributed by atoms with Crippen molar-refractivity contribution in [3.8, 4) is 0 Å². The van der Waals surface area contributed by atoms with E-state index >= 15 is 0 Å². The number of rotatable bonds is 10. The van der Waals surface area contributed by atoms with E-state index in [2.05, 4.69) is 0 Å². The van der Waals surface area contributed by atoms with Crippen LogP contribution in [0.4, 0.5) is 11.4 Å². The van der Waals surface area contributed by atoms with Crippen LogP contribution in [0.15, 0.2) is 72.8 Å². The molecule has 3 rings (SSSR count). The van der Waals surface area contributed by atoms with Crippen LogP contribution in [-0.4, -0.2) is 46.6 Å². The molecule has 0 bridgehead atoms. The second kappa shape index (κ2) is 11.2. The number of nitrogens with zero attached hydrogens (tertiary/aromatic N) is 2. The van der Waals surface area contributed by atoms with Crippen LogP contribution in [0.3, 0.4) is 0 Å². The van der Waals surface area contributed by atoms with E-state index in [4.69, 9.17) is 9.47 Å². The van der Waals surface area contributed by atoms with E-state index in [1.54, 1.807) is 0 Å². The average Bonchev–Trinajstić information content (AvgIpc) is 2.90. The van der Waals surface area contributed by atoms with Gasteiger partial charge in [-0.15, -0.1) is 0 Å². The summed E-state index contributed by atoms with van der Waals surface area (Å²) in [6.07, 6.45) is 0. The van der Waals surface area contributed by atoms with E-state index in [-0.39, 0.29) is 33.6 Å². The van der Waals surface area contributed by atoms with Crippen molar-refractivity contribution >= 4 is 34.9 Å². The van der Waals surface area contributed by atoms with Crippen molar-refractivity contribution in [3.05, 3.63) is 115 Å². The molecule has 0 radical (unpaired) electrons. The van der Waals surface area contributed by atoms with Gasteiger partial charge in [-0.1, -0.05) is 12.1 Å². The van der Waals surface area contributed by atoms with Crippen LogP contribution >= 0.6 is 0 Å². The van der Waals surface area contributed by atoms with Crippen molar-refractivity contribution in [2.45, 2.75) is 0 Å². The molecule has 0 aromatic heterocycles. The van der Waals surface area contributed by atoms with Crippen molar-refractivity contribution in [2.75, 3.05) is 13.2 Å². The zero-order valence-electron chi connectivity index (χ0n) is 18.3. The second-order valence-corrected chi connectivity index (χ2v) is 7.15. The summed E-state index contributed by atoms with van der Waals surface area (Å²) in [6, 6.07) is 14.9. The van der Waals surface area contributed by atoms with E-state index < -0.39 is 46.6 Å². The molecule has 0 aliphatic carbocycles. The number of benzene rings is 3. The van der Waals surface area contributed by atoms with Crippen molar-refractivity contribution in [2.24, 2.45) is 0 Å². The highest BCUT2D eigenvalue weighted by molar-refractivity contribution is 6.05. The van der Waals surface area contributed by atoms with Gasteiger partial charge in [-0.3, -0.25) is 29.8 Å². The Balaban J connectivity index is 1.61. The maximum absolute atomic E-state index is 12.5. The number of hydrogen-bond donors (Lipinski definition) is 0. The van der Waals surface area contributed by atoms with Gasteiger partial charge in [0.05, 0.1) is 21.0 Å². The minimum atomic E-state index is -1.00. The second-order valence-electron chi connectivity index (χ2n) is 7.15. The van der Waals surface area contributed by atoms with Gasteiger partial charge in [0.25, 0.3) is 11.4 Å². The third-order valence-electron chi connectivity index (χ3n) is 4.84. The van der Waals surface area contributed by atoms with E-state index in [0.29, 0.717) is 0 Å². The fourth-order valence-corrected chi connectivity index (χ4v) is 2.96. The number of hydrogen-bond acceptors (Lipinski definition) is 10. The first-order valence-electron chi connectivity index (χ1n) is 10.2. The molecule has 0 N–H and O–H groups in total. The Morgan fingerprint density at radius 2 is 0.917 bits per heavy atom. The molecular weight excluding hydrogens is 476 g/mol. The number of nitro groups is 2. The minimum absolute atomic E-state index is 0.0888. The number of ether oxygens (including phenoxy) is 2. The molecule has 182 valence electrons. The van der Waals surface area contributed by atoms with Gasteiger partial charge < -0.3 is 9.47 Å². The molecule has 0 aliphatic heterocycles. The monoisotopic (exact) mass is 492 g/mol. The summed E-state index contributed by atoms with van der Waals surface area (Å²) in [5.74, 6) is -3.24. The highest BCUT2D eigenvalue weighted by Crippen LogP contribution is 2.16. The predicted molar refractivity (Wildman–Crippen MR) is 122 cm³/mol. The third kappa shape index (κ3) is 6.20. The largest absolute Gasteiger partial charge is 0.454 e. The van der Waals surface area contributed by atoms with Gasteiger partial charge in [-0.2, -0.15) is 0 Å². The van der Waals surface area contributed by atoms with Crippen molar-refractivity contribution in [1.82, 2.24) is 0 Å². The Morgan fingerprint density at radius 3 is 1.22 bits per heavy atom. The van der Waals surface area contributed by atoms with E-state index in [0.717, 1.165) is 24.3 Å². The molecule has 0 saturated carbocycles. The number of esters is 2. The number of carbonyl (C=O) groups excluding carboxylic acids is 4.